The van der Waals surface area contributed by atoms with Gasteiger partial charge in [-0.05, 0) is 25.0 Å². The maximum atomic E-state index is 5.47. The SMILES string of the molecule is COc1cccc(-c2ncc(CNC3CC3)s2)c1OC. The molecule has 3 rings (SSSR count). The fourth-order valence-corrected chi connectivity index (χ4v) is 2.99. The van der Waals surface area contributed by atoms with Gasteiger partial charge in [0.1, 0.15) is 5.01 Å². The second kappa shape index (κ2) is 5.81. The highest BCUT2D eigenvalue weighted by atomic mass is 32.1. The zero-order valence-corrected chi connectivity index (χ0v) is 12.5. The average Bonchev–Trinajstić information content (AvgIpc) is 3.21. The molecule has 0 amide bonds. The third-order valence-electron chi connectivity index (χ3n) is 3.33. The number of para-hydroxylation sites is 1. The third kappa shape index (κ3) is 2.78. The van der Waals surface area contributed by atoms with E-state index in [-0.39, 0.29) is 0 Å². The van der Waals surface area contributed by atoms with Crippen molar-refractivity contribution in [2.24, 2.45) is 0 Å². The Morgan fingerprint density at radius 2 is 2.15 bits per heavy atom. The number of hydrogen-bond acceptors (Lipinski definition) is 5. The topological polar surface area (TPSA) is 43.4 Å². The van der Waals surface area contributed by atoms with Crippen LogP contribution in [0.15, 0.2) is 24.4 Å². The maximum absolute atomic E-state index is 5.47. The summed E-state index contributed by atoms with van der Waals surface area (Å²) in [5.74, 6) is 1.48. The maximum Gasteiger partial charge on any atom is 0.170 e. The summed E-state index contributed by atoms with van der Waals surface area (Å²) in [5, 5.41) is 4.47. The molecular weight excluding hydrogens is 272 g/mol. The molecule has 1 aliphatic rings. The molecule has 4 nitrogen and oxygen atoms in total. The predicted octanol–water partition coefficient (Wildman–Crippen LogP) is 3.08. The Kier molecular flexibility index (Phi) is 3.89. The summed E-state index contributed by atoms with van der Waals surface area (Å²) >= 11 is 1.70. The van der Waals surface area contributed by atoms with Crippen LogP contribution in [0.25, 0.3) is 10.6 Å². The van der Waals surface area contributed by atoms with Gasteiger partial charge in [-0.25, -0.2) is 4.98 Å². The van der Waals surface area contributed by atoms with Gasteiger partial charge in [0.2, 0.25) is 0 Å². The summed E-state index contributed by atoms with van der Waals surface area (Å²) in [6.07, 6.45) is 4.54. The average molecular weight is 290 g/mol. The molecule has 0 saturated heterocycles. The number of methoxy groups -OCH3 is 2. The molecule has 1 fully saturated rings. The highest BCUT2D eigenvalue weighted by Gasteiger charge is 2.20. The second-order valence-corrected chi connectivity index (χ2v) is 5.94. The van der Waals surface area contributed by atoms with Crippen molar-refractivity contribution in [3.05, 3.63) is 29.3 Å². The summed E-state index contributed by atoms with van der Waals surface area (Å²) in [7, 11) is 3.30. The standard InChI is InChI=1S/C15H18N2O2S/c1-18-13-5-3-4-12(14(13)19-2)15-17-9-11(20-15)8-16-10-6-7-10/h3-5,9-10,16H,6-8H2,1-2H3. The molecule has 0 atom stereocenters. The van der Waals surface area contributed by atoms with E-state index in [0.29, 0.717) is 6.04 Å². The van der Waals surface area contributed by atoms with E-state index >= 15 is 0 Å². The van der Waals surface area contributed by atoms with Crippen LogP contribution in [-0.4, -0.2) is 25.2 Å². The Bertz CT molecular complexity index is 593. The summed E-state index contributed by atoms with van der Waals surface area (Å²) in [6, 6.07) is 6.58. The molecule has 2 aromatic rings. The Balaban J connectivity index is 1.84. The first-order valence-corrected chi connectivity index (χ1v) is 7.53. The van der Waals surface area contributed by atoms with E-state index in [1.165, 1.54) is 17.7 Å². The molecule has 0 unspecified atom stereocenters. The van der Waals surface area contributed by atoms with Crippen molar-refractivity contribution in [1.82, 2.24) is 10.3 Å². The minimum Gasteiger partial charge on any atom is -0.493 e. The number of aromatic nitrogens is 1. The molecule has 1 heterocycles. The first-order chi connectivity index (χ1) is 9.81. The highest BCUT2D eigenvalue weighted by molar-refractivity contribution is 7.15. The van der Waals surface area contributed by atoms with E-state index in [1.807, 2.05) is 24.4 Å². The fourth-order valence-electron chi connectivity index (χ4n) is 2.10. The summed E-state index contributed by atoms with van der Waals surface area (Å²) < 4.78 is 10.8. The summed E-state index contributed by atoms with van der Waals surface area (Å²) in [4.78, 5) is 5.76. The number of hydrogen-bond donors (Lipinski definition) is 1. The van der Waals surface area contributed by atoms with Gasteiger partial charge < -0.3 is 14.8 Å². The number of rotatable bonds is 6. The van der Waals surface area contributed by atoms with Crippen LogP contribution in [-0.2, 0) is 6.54 Å². The van der Waals surface area contributed by atoms with Crippen LogP contribution in [0, 0.1) is 0 Å². The molecule has 1 aliphatic carbocycles. The summed E-state index contributed by atoms with van der Waals surface area (Å²) in [6.45, 7) is 0.897. The van der Waals surface area contributed by atoms with Crippen molar-refractivity contribution in [2.45, 2.75) is 25.4 Å². The molecule has 0 aliphatic heterocycles. The minimum atomic E-state index is 0.715. The van der Waals surface area contributed by atoms with Gasteiger partial charge in [-0.15, -0.1) is 11.3 Å². The quantitative estimate of drug-likeness (QED) is 0.888. The molecular formula is C15H18N2O2S. The molecule has 0 radical (unpaired) electrons. The van der Waals surface area contributed by atoms with Crippen molar-refractivity contribution in [3.8, 4) is 22.1 Å². The molecule has 1 N–H and O–H groups in total. The number of thiazole rings is 1. The molecule has 106 valence electrons. The van der Waals surface area contributed by atoms with Crippen molar-refractivity contribution >= 4 is 11.3 Å². The summed E-state index contributed by atoms with van der Waals surface area (Å²) in [5.41, 5.74) is 0.981. The van der Waals surface area contributed by atoms with Crippen LogP contribution in [0.3, 0.4) is 0 Å². The second-order valence-electron chi connectivity index (χ2n) is 4.83. The smallest absolute Gasteiger partial charge is 0.170 e. The van der Waals surface area contributed by atoms with Gasteiger partial charge in [-0.3, -0.25) is 0 Å². The van der Waals surface area contributed by atoms with Crippen molar-refractivity contribution in [3.63, 3.8) is 0 Å². The van der Waals surface area contributed by atoms with Gasteiger partial charge in [0.15, 0.2) is 11.5 Å². The fraction of sp³-hybridized carbons (Fsp3) is 0.400. The van der Waals surface area contributed by atoms with E-state index < -0.39 is 0 Å². The molecule has 1 saturated carbocycles. The normalized spacial score (nSPS) is 14.3. The minimum absolute atomic E-state index is 0.715. The van der Waals surface area contributed by atoms with Crippen LogP contribution in [0.1, 0.15) is 17.7 Å². The lowest BCUT2D eigenvalue weighted by Gasteiger charge is -2.10. The zero-order chi connectivity index (χ0) is 13.9. The lowest BCUT2D eigenvalue weighted by atomic mass is 10.2. The Hall–Kier alpha value is -1.59. The third-order valence-corrected chi connectivity index (χ3v) is 4.36. The van der Waals surface area contributed by atoms with Gasteiger partial charge in [-0.1, -0.05) is 6.07 Å². The van der Waals surface area contributed by atoms with Gasteiger partial charge in [0, 0.05) is 23.7 Å². The lowest BCUT2D eigenvalue weighted by Crippen LogP contribution is -2.14. The van der Waals surface area contributed by atoms with Crippen molar-refractivity contribution in [2.75, 3.05) is 14.2 Å². The first-order valence-electron chi connectivity index (χ1n) is 6.71. The number of ether oxygens (including phenoxy) is 2. The Morgan fingerprint density at radius 1 is 1.30 bits per heavy atom. The van der Waals surface area contributed by atoms with E-state index in [0.717, 1.165) is 28.6 Å². The molecule has 0 spiro atoms. The lowest BCUT2D eigenvalue weighted by molar-refractivity contribution is 0.356. The van der Waals surface area contributed by atoms with E-state index in [4.69, 9.17) is 9.47 Å². The zero-order valence-electron chi connectivity index (χ0n) is 11.7. The molecule has 5 heteroatoms. The Labute approximate surface area is 122 Å². The molecule has 1 aromatic heterocycles. The molecule has 0 bridgehead atoms. The number of nitrogens with zero attached hydrogens (tertiary/aromatic N) is 1. The van der Waals surface area contributed by atoms with Gasteiger partial charge in [0.05, 0.1) is 19.8 Å². The van der Waals surface area contributed by atoms with Gasteiger partial charge in [-0.2, -0.15) is 0 Å². The highest BCUT2D eigenvalue weighted by Crippen LogP contribution is 2.39. The van der Waals surface area contributed by atoms with E-state index in [1.54, 1.807) is 25.6 Å². The van der Waals surface area contributed by atoms with Gasteiger partial charge in [0.25, 0.3) is 0 Å². The van der Waals surface area contributed by atoms with Crippen LogP contribution < -0.4 is 14.8 Å². The van der Waals surface area contributed by atoms with Crippen molar-refractivity contribution < 1.29 is 9.47 Å². The molecule has 20 heavy (non-hydrogen) atoms. The van der Waals surface area contributed by atoms with Crippen LogP contribution in [0.2, 0.25) is 0 Å². The van der Waals surface area contributed by atoms with Crippen LogP contribution >= 0.6 is 11.3 Å². The largest absolute Gasteiger partial charge is 0.493 e. The van der Waals surface area contributed by atoms with E-state index in [9.17, 15) is 0 Å². The van der Waals surface area contributed by atoms with Crippen LogP contribution in [0.4, 0.5) is 0 Å². The number of benzene rings is 1. The first kappa shape index (κ1) is 13.4. The number of nitrogens with one attached hydrogen (secondary N) is 1. The van der Waals surface area contributed by atoms with Gasteiger partial charge >= 0.3 is 0 Å². The Morgan fingerprint density at radius 3 is 2.85 bits per heavy atom. The molecule has 1 aromatic carbocycles. The van der Waals surface area contributed by atoms with Crippen molar-refractivity contribution in [1.29, 1.82) is 0 Å². The van der Waals surface area contributed by atoms with E-state index in [2.05, 4.69) is 10.3 Å². The predicted molar refractivity (Wildman–Crippen MR) is 80.5 cm³/mol. The van der Waals surface area contributed by atoms with Crippen LogP contribution in [0.5, 0.6) is 11.5 Å². The monoisotopic (exact) mass is 290 g/mol.